The molecule has 1 atom stereocenters. The Labute approximate surface area is 96.0 Å². The summed E-state index contributed by atoms with van der Waals surface area (Å²) in [4.78, 5) is 8.40. The monoisotopic (exact) mass is 218 g/mol. The second-order valence-corrected chi connectivity index (χ2v) is 4.11. The lowest BCUT2D eigenvalue weighted by Crippen LogP contribution is -2.30. The molecule has 0 amide bonds. The van der Waals surface area contributed by atoms with Crippen molar-refractivity contribution in [3.63, 3.8) is 0 Å². The smallest absolute Gasteiger partial charge is 0.0857 e. The van der Waals surface area contributed by atoms with Crippen LogP contribution in [0.3, 0.4) is 0 Å². The van der Waals surface area contributed by atoms with Crippen LogP contribution in [0.2, 0.25) is 0 Å². The Morgan fingerprint density at radius 3 is 2.94 bits per heavy atom. The lowest BCUT2D eigenvalue weighted by Gasteiger charge is -2.18. The molecule has 16 heavy (non-hydrogen) atoms. The minimum atomic E-state index is 0.0202. The topological polar surface area (TPSA) is 63.8 Å². The van der Waals surface area contributed by atoms with E-state index in [-0.39, 0.29) is 6.04 Å². The molecule has 1 aromatic rings. The fraction of sp³-hybridized carbons (Fsp3) is 0.500. The van der Waals surface area contributed by atoms with E-state index in [0.29, 0.717) is 0 Å². The highest BCUT2D eigenvalue weighted by atomic mass is 15.2. The van der Waals surface area contributed by atoms with Gasteiger partial charge in [0.05, 0.1) is 17.9 Å². The number of nitrogens with two attached hydrogens (primary N) is 1. The van der Waals surface area contributed by atoms with Gasteiger partial charge in [-0.05, 0) is 31.3 Å². The lowest BCUT2D eigenvalue weighted by molar-refractivity contribution is 0.578. The largest absolute Gasteiger partial charge is 0.271 e. The van der Waals surface area contributed by atoms with Crippen molar-refractivity contribution in [3.8, 4) is 0 Å². The van der Waals surface area contributed by atoms with Crippen molar-refractivity contribution in [1.82, 2.24) is 15.4 Å². The van der Waals surface area contributed by atoms with Gasteiger partial charge in [0.15, 0.2) is 0 Å². The molecule has 0 spiro atoms. The first-order valence-corrected chi connectivity index (χ1v) is 5.83. The summed E-state index contributed by atoms with van der Waals surface area (Å²) in [6, 6.07) is 0.0202. The van der Waals surface area contributed by atoms with E-state index in [1.807, 2.05) is 0 Å². The van der Waals surface area contributed by atoms with E-state index in [9.17, 15) is 0 Å². The molecule has 1 aromatic heterocycles. The van der Waals surface area contributed by atoms with Gasteiger partial charge in [-0.3, -0.25) is 15.8 Å². The van der Waals surface area contributed by atoms with Crippen LogP contribution in [0.15, 0.2) is 30.2 Å². The van der Waals surface area contributed by atoms with E-state index in [0.717, 1.165) is 18.5 Å². The number of hydrogen-bond acceptors (Lipinski definition) is 4. The minimum absolute atomic E-state index is 0.0202. The predicted molar refractivity (Wildman–Crippen MR) is 63.3 cm³/mol. The molecular formula is C12H18N4. The maximum atomic E-state index is 5.63. The van der Waals surface area contributed by atoms with Crippen molar-refractivity contribution in [2.75, 3.05) is 0 Å². The van der Waals surface area contributed by atoms with Crippen molar-refractivity contribution >= 4 is 0 Å². The molecule has 0 bridgehead atoms. The molecule has 0 aromatic carbocycles. The number of hydrogen-bond donors (Lipinski definition) is 2. The molecule has 1 heterocycles. The molecular weight excluding hydrogens is 200 g/mol. The fourth-order valence-electron chi connectivity index (χ4n) is 2.14. The Hall–Kier alpha value is -1.26. The maximum Gasteiger partial charge on any atom is 0.0857 e. The zero-order valence-corrected chi connectivity index (χ0v) is 9.39. The highest BCUT2D eigenvalue weighted by Crippen LogP contribution is 2.27. The summed E-state index contributed by atoms with van der Waals surface area (Å²) in [5.41, 5.74) is 5.09. The zero-order chi connectivity index (χ0) is 11.2. The van der Waals surface area contributed by atoms with Gasteiger partial charge < -0.3 is 0 Å². The van der Waals surface area contributed by atoms with Crippen LogP contribution in [0, 0.1) is 0 Å². The van der Waals surface area contributed by atoms with E-state index in [1.165, 1.54) is 24.8 Å². The van der Waals surface area contributed by atoms with Gasteiger partial charge in [0, 0.05) is 12.4 Å². The van der Waals surface area contributed by atoms with Crippen LogP contribution in [-0.2, 0) is 0 Å². The van der Waals surface area contributed by atoms with Gasteiger partial charge in [-0.2, -0.15) is 0 Å². The summed E-state index contributed by atoms with van der Waals surface area (Å²) in [7, 11) is 0. The number of nitrogens with one attached hydrogen (secondary N) is 1. The molecule has 0 radical (unpaired) electrons. The Kier molecular flexibility index (Phi) is 4.02. The first kappa shape index (κ1) is 11.2. The van der Waals surface area contributed by atoms with Crippen LogP contribution >= 0.6 is 0 Å². The van der Waals surface area contributed by atoms with Crippen molar-refractivity contribution in [1.29, 1.82) is 0 Å². The van der Waals surface area contributed by atoms with E-state index >= 15 is 0 Å². The van der Waals surface area contributed by atoms with Crippen LogP contribution in [0.5, 0.6) is 0 Å². The molecule has 3 N–H and O–H groups in total. The fourth-order valence-corrected chi connectivity index (χ4v) is 2.14. The van der Waals surface area contributed by atoms with Gasteiger partial charge in [0.25, 0.3) is 0 Å². The molecule has 1 aliphatic rings. The molecule has 2 rings (SSSR count). The normalized spacial score (nSPS) is 18.7. The average molecular weight is 218 g/mol. The summed E-state index contributed by atoms with van der Waals surface area (Å²) in [6.07, 6.45) is 13.5. The van der Waals surface area contributed by atoms with Gasteiger partial charge in [-0.15, -0.1) is 0 Å². The molecule has 0 fully saturated rings. The number of aromatic nitrogens is 2. The van der Waals surface area contributed by atoms with E-state index in [1.54, 1.807) is 18.6 Å². The average Bonchev–Trinajstić information content (AvgIpc) is 2.61. The summed E-state index contributed by atoms with van der Waals surface area (Å²) >= 11 is 0. The summed E-state index contributed by atoms with van der Waals surface area (Å²) in [5, 5.41) is 0. The number of nitrogens with zero attached hydrogens (tertiary/aromatic N) is 2. The number of hydrazine groups is 1. The lowest BCUT2D eigenvalue weighted by atomic mass is 10.00. The van der Waals surface area contributed by atoms with Gasteiger partial charge in [0.1, 0.15) is 0 Å². The zero-order valence-electron chi connectivity index (χ0n) is 9.39. The maximum absolute atomic E-state index is 5.63. The molecule has 4 nitrogen and oxygen atoms in total. The van der Waals surface area contributed by atoms with Gasteiger partial charge in [-0.1, -0.05) is 12.5 Å². The summed E-state index contributed by atoms with van der Waals surface area (Å²) < 4.78 is 0. The summed E-state index contributed by atoms with van der Waals surface area (Å²) in [6.45, 7) is 0. The first-order valence-electron chi connectivity index (χ1n) is 5.83. The number of allylic oxidation sites excluding steroid dienone is 1. The second kappa shape index (κ2) is 5.72. The van der Waals surface area contributed by atoms with E-state index in [4.69, 9.17) is 5.84 Å². The van der Waals surface area contributed by atoms with Crippen LogP contribution in [0.4, 0.5) is 0 Å². The van der Waals surface area contributed by atoms with E-state index in [2.05, 4.69) is 21.5 Å². The van der Waals surface area contributed by atoms with Gasteiger partial charge >= 0.3 is 0 Å². The van der Waals surface area contributed by atoms with Gasteiger partial charge in [0.2, 0.25) is 0 Å². The van der Waals surface area contributed by atoms with Crippen LogP contribution in [0.1, 0.15) is 43.8 Å². The third-order valence-electron chi connectivity index (χ3n) is 2.99. The summed E-state index contributed by atoms with van der Waals surface area (Å²) in [5.74, 6) is 5.63. The van der Waals surface area contributed by atoms with E-state index < -0.39 is 0 Å². The molecule has 0 saturated heterocycles. The third kappa shape index (κ3) is 2.65. The number of rotatable bonds is 3. The van der Waals surface area contributed by atoms with Crippen LogP contribution in [-0.4, -0.2) is 9.97 Å². The first-order chi connectivity index (χ1) is 7.92. The Morgan fingerprint density at radius 1 is 1.25 bits per heavy atom. The molecule has 0 saturated carbocycles. The van der Waals surface area contributed by atoms with Crippen LogP contribution in [0.25, 0.3) is 0 Å². The molecule has 86 valence electrons. The molecule has 1 aliphatic carbocycles. The highest BCUT2D eigenvalue weighted by Gasteiger charge is 2.17. The molecule has 4 heteroatoms. The van der Waals surface area contributed by atoms with Crippen molar-refractivity contribution in [2.45, 2.75) is 38.1 Å². The highest BCUT2D eigenvalue weighted by molar-refractivity contribution is 5.20. The quantitative estimate of drug-likeness (QED) is 0.462. The molecule has 1 unspecified atom stereocenters. The Bertz CT molecular complexity index is 347. The predicted octanol–water partition coefficient (Wildman–Crippen LogP) is 1.87. The van der Waals surface area contributed by atoms with Crippen LogP contribution < -0.4 is 11.3 Å². The van der Waals surface area contributed by atoms with Crippen molar-refractivity contribution in [3.05, 3.63) is 35.9 Å². The Morgan fingerprint density at radius 2 is 2.19 bits per heavy atom. The Balaban J connectivity index is 2.18. The minimum Gasteiger partial charge on any atom is -0.271 e. The third-order valence-corrected chi connectivity index (χ3v) is 2.99. The SMILES string of the molecule is NNC(C1=CCCCCC1)c1cnccn1. The standard InChI is InChI=1S/C12H18N4/c13-16-12(11-9-14-7-8-15-11)10-5-3-1-2-4-6-10/h5,7-9,12,16H,1-4,6,13H2. The molecule has 0 aliphatic heterocycles. The van der Waals surface area contributed by atoms with Crippen molar-refractivity contribution in [2.24, 2.45) is 5.84 Å². The second-order valence-electron chi connectivity index (χ2n) is 4.11. The van der Waals surface area contributed by atoms with Crippen molar-refractivity contribution < 1.29 is 0 Å². The van der Waals surface area contributed by atoms with Gasteiger partial charge in [-0.25, -0.2) is 5.43 Å².